The molecule has 0 amide bonds. The van der Waals surface area contributed by atoms with Crippen LogP contribution in [0.2, 0.25) is 5.02 Å². The first-order valence-electron chi connectivity index (χ1n) is 4.29. The van der Waals surface area contributed by atoms with E-state index in [4.69, 9.17) is 16.3 Å². The smallest absolute Gasteiger partial charge is 0.174 e. The Hall–Kier alpha value is -1.48. The van der Waals surface area contributed by atoms with Gasteiger partial charge in [0.1, 0.15) is 5.75 Å². The molecule has 0 aromatic heterocycles. The van der Waals surface area contributed by atoms with Crippen molar-refractivity contribution in [3.05, 3.63) is 35.1 Å². The summed E-state index contributed by atoms with van der Waals surface area (Å²) in [5, 5.41) is 10.2. The van der Waals surface area contributed by atoms with E-state index in [1.807, 2.05) is 0 Å². The predicted molar refractivity (Wildman–Crippen MR) is 57.1 cm³/mol. The first kappa shape index (κ1) is 10.1. The molecule has 0 unspecified atom stereocenters. The van der Waals surface area contributed by atoms with Crippen LogP contribution in [0.3, 0.4) is 0 Å². The van der Waals surface area contributed by atoms with Crippen molar-refractivity contribution in [3.63, 3.8) is 0 Å². The number of benzene rings is 2. The summed E-state index contributed by atoms with van der Waals surface area (Å²) in [5.41, 5.74) is 0. The second kappa shape index (κ2) is 3.59. The number of methoxy groups -OCH3 is 1. The lowest BCUT2D eigenvalue weighted by atomic mass is 10.1. The highest BCUT2D eigenvalue weighted by molar-refractivity contribution is 6.37. The normalized spacial score (nSPS) is 10.6. The third kappa shape index (κ3) is 1.49. The van der Waals surface area contributed by atoms with Gasteiger partial charge in [0.05, 0.1) is 12.1 Å². The summed E-state index contributed by atoms with van der Waals surface area (Å²) < 4.78 is 18.6. The van der Waals surface area contributed by atoms with Crippen molar-refractivity contribution in [3.8, 4) is 11.5 Å². The summed E-state index contributed by atoms with van der Waals surface area (Å²) in [6.45, 7) is 0. The Morgan fingerprint density at radius 1 is 1.27 bits per heavy atom. The maximum absolute atomic E-state index is 13.8. The highest BCUT2D eigenvalue weighted by Crippen LogP contribution is 2.36. The Labute approximate surface area is 90.9 Å². The fraction of sp³-hybridized carbons (Fsp3) is 0.0909. The molecular formula is C11H8ClFO2. The molecule has 0 heterocycles. The Balaban J connectivity index is 2.89. The van der Waals surface area contributed by atoms with Crippen LogP contribution in [0.1, 0.15) is 0 Å². The fourth-order valence-electron chi connectivity index (χ4n) is 1.46. The van der Waals surface area contributed by atoms with Gasteiger partial charge in [-0.2, -0.15) is 0 Å². The molecule has 0 radical (unpaired) electrons. The van der Waals surface area contributed by atoms with Crippen LogP contribution in [0, 0.1) is 5.82 Å². The average molecular weight is 227 g/mol. The molecular weight excluding hydrogens is 219 g/mol. The molecule has 0 fully saturated rings. The molecule has 0 spiro atoms. The van der Waals surface area contributed by atoms with E-state index in [1.54, 1.807) is 12.1 Å². The summed E-state index contributed by atoms with van der Waals surface area (Å²) >= 11 is 5.81. The number of aromatic hydroxyl groups is 1. The van der Waals surface area contributed by atoms with Gasteiger partial charge in [-0.1, -0.05) is 23.7 Å². The number of hydrogen-bond donors (Lipinski definition) is 1. The Morgan fingerprint density at radius 3 is 2.60 bits per heavy atom. The molecule has 0 saturated carbocycles. The highest BCUT2D eigenvalue weighted by Gasteiger charge is 2.13. The lowest BCUT2D eigenvalue weighted by Crippen LogP contribution is -1.89. The maximum atomic E-state index is 13.8. The van der Waals surface area contributed by atoms with Crippen molar-refractivity contribution < 1.29 is 14.2 Å². The van der Waals surface area contributed by atoms with Crippen molar-refractivity contribution in [2.75, 3.05) is 7.11 Å². The molecule has 0 atom stereocenters. The van der Waals surface area contributed by atoms with Crippen molar-refractivity contribution in [1.82, 2.24) is 0 Å². The summed E-state index contributed by atoms with van der Waals surface area (Å²) in [4.78, 5) is 0. The summed E-state index contributed by atoms with van der Waals surface area (Å²) in [5.74, 6) is -0.595. The van der Waals surface area contributed by atoms with Gasteiger partial charge >= 0.3 is 0 Å². The monoisotopic (exact) mass is 226 g/mol. The summed E-state index contributed by atoms with van der Waals surface area (Å²) in [6.07, 6.45) is 0. The van der Waals surface area contributed by atoms with Crippen LogP contribution in [-0.2, 0) is 0 Å². The molecule has 0 bridgehead atoms. The average Bonchev–Trinajstić information content (AvgIpc) is 2.24. The largest absolute Gasteiger partial charge is 0.506 e. The van der Waals surface area contributed by atoms with Crippen LogP contribution in [0.4, 0.5) is 4.39 Å². The first-order valence-corrected chi connectivity index (χ1v) is 4.66. The molecule has 4 heteroatoms. The zero-order chi connectivity index (χ0) is 11.0. The zero-order valence-corrected chi connectivity index (χ0v) is 8.68. The lowest BCUT2D eigenvalue weighted by molar-refractivity contribution is 0.389. The van der Waals surface area contributed by atoms with Crippen molar-refractivity contribution in [2.45, 2.75) is 0 Å². The van der Waals surface area contributed by atoms with E-state index < -0.39 is 5.82 Å². The van der Waals surface area contributed by atoms with E-state index in [9.17, 15) is 9.50 Å². The molecule has 0 aliphatic carbocycles. The Bertz CT molecular complexity index is 525. The van der Waals surface area contributed by atoms with Gasteiger partial charge in [0, 0.05) is 5.39 Å². The van der Waals surface area contributed by atoms with Gasteiger partial charge in [-0.15, -0.1) is 0 Å². The van der Waals surface area contributed by atoms with Crippen LogP contribution in [0.15, 0.2) is 24.3 Å². The Kier molecular flexibility index (Phi) is 2.40. The van der Waals surface area contributed by atoms with Gasteiger partial charge in [-0.25, -0.2) is 4.39 Å². The van der Waals surface area contributed by atoms with E-state index in [0.29, 0.717) is 5.39 Å². The molecule has 0 saturated heterocycles. The number of halogens is 2. The molecule has 15 heavy (non-hydrogen) atoms. The minimum atomic E-state index is -0.559. The third-order valence-corrected chi connectivity index (χ3v) is 2.61. The van der Waals surface area contributed by atoms with Gasteiger partial charge in [0.15, 0.2) is 11.6 Å². The molecule has 2 nitrogen and oxygen atoms in total. The fourth-order valence-corrected chi connectivity index (χ4v) is 1.72. The molecule has 0 aliphatic heterocycles. The second-order valence-corrected chi connectivity index (χ2v) is 3.46. The number of ether oxygens (including phenoxy) is 1. The molecule has 78 valence electrons. The minimum absolute atomic E-state index is 0.00361. The lowest BCUT2D eigenvalue weighted by Gasteiger charge is -2.07. The summed E-state index contributed by atoms with van der Waals surface area (Å²) in [6, 6.07) is 6.23. The zero-order valence-electron chi connectivity index (χ0n) is 7.92. The van der Waals surface area contributed by atoms with Crippen LogP contribution in [-0.4, -0.2) is 12.2 Å². The van der Waals surface area contributed by atoms with E-state index >= 15 is 0 Å². The van der Waals surface area contributed by atoms with Crippen LogP contribution >= 0.6 is 11.6 Å². The van der Waals surface area contributed by atoms with Crippen LogP contribution in [0.5, 0.6) is 11.5 Å². The summed E-state index contributed by atoms with van der Waals surface area (Å²) in [7, 11) is 1.38. The predicted octanol–water partition coefficient (Wildman–Crippen LogP) is 3.35. The molecule has 2 rings (SSSR count). The second-order valence-electron chi connectivity index (χ2n) is 3.08. The van der Waals surface area contributed by atoms with Gasteiger partial charge in [0.25, 0.3) is 0 Å². The van der Waals surface area contributed by atoms with Gasteiger partial charge in [-0.05, 0) is 17.5 Å². The van der Waals surface area contributed by atoms with Crippen molar-refractivity contribution >= 4 is 22.4 Å². The van der Waals surface area contributed by atoms with Crippen molar-refractivity contribution in [2.24, 2.45) is 0 Å². The Morgan fingerprint density at radius 2 is 1.93 bits per heavy atom. The molecule has 2 aromatic carbocycles. The van der Waals surface area contributed by atoms with Crippen molar-refractivity contribution in [1.29, 1.82) is 0 Å². The van der Waals surface area contributed by atoms with Gasteiger partial charge < -0.3 is 9.84 Å². The number of fused-ring (bicyclic) bond motifs is 1. The topological polar surface area (TPSA) is 29.5 Å². The quantitative estimate of drug-likeness (QED) is 0.808. The van der Waals surface area contributed by atoms with Crippen LogP contribution < -0.4 is 4.74 Å². The standard InChI is InChI=1S/C11H8ClFO2/c1-15-8-5-3-6-2-4-7(14)10(12)9(6)11(8)13/h2-5,14H,1H3. The molecule has 2 aromatic rings. The van der Waals surface area contributed by atoms with E-state index in [0.717, 1.165) is 0 Å². The minimum Gasteiger partial charge on any atom is -0.506 e. The van der Waals surface area contributed by atoms with Crippen LogP contribution in [0.25, 0.3) is 10.8 Å². The molecule has 1 N–H and O–H groups in total. The van der Waals surface area contributed by atoms with E-state index in [-0.39, 0.29) is 21.9 Å². The third-order valence-electron chi connectivity index (χ3n) is 2.22. The SMILES string of the molecule is COc1ccc2ccc(O)c(Cl)c2c1F. The first-order chi connectivity index (χ1) is 7.15. The van der Waals surface area contributed by atoms with E-state index in [2.05, 4.69) is 0 Å². The van der Waals surface area contributed by atoms with Gasteiger partial charge in [-0.3, -0.25) is 0 Å². The number of rotatable bonds is 1. The number of phenols is 1. The number of phenolic OH excluding ortho intramolecular Hbond substituents is 1. The molecule has 0 aliphatic rings. The highest BCUT2D eigenvalue weighted by atomic mass is 35.5. The van der Waals surface area contributed by atoms with Gasteiger partial charge in [0.2, 0.25) is 0 Å². The maximum Gasteiger partial charge on any atom is 0.174 e. The van der Waals surface area contributed by atoms with E-state index in [1.165, 1.54) is 19.2 Å². The number of hydrogen-bond acceptors (Lipinski definition) is 2.